The van der Waals surface area contributed by atoms with Gasteiger partial charge in [0.2, 0.25) is 0 Å². The molecule has 0 fully saturated rings. The molecule has 0 aliphatic heterocycles. The van der Waals surface area contributed by atoms with Crippen LogP contribution < -0.4 is 11.1 Å². The van der Waals surface area contributed by atoms with E-state index in [1.54, 1.807) is 19.1 Å². The first-order chi connectivity index (χ1) is 10.1. The summed E-state index contributed by atoms with van der Waals surface area (Å²) < 4.78 is 17.8. The Balaban J connectivity index is 2.15. The van der Waals surface area contributed by atoms with Crippen LogP contribution in [0.2, 0.25) is 0 Å². The summed E-state index contributed by atoms with van der Waals surface area (Å²) in [5, 5.41) is 3.03. The molecular weight excluding hydrogens is 273 g/mol. The van der Waals surface area contributed by atoms with Gasteiger partial charge >= 0.3 is 5.97 Å². The van der Waals surface area contributed by atoms with Crippen LogP contribution >= 0.6 is 0 Å². The predicted molar refractivity (Wildman–Crippen MR) is 78.3 cm³/mol. The molecule has 0 radical (unpaired) electrons. The number of rotatable bonds is 5. The largest absolute Gasteiger partial charge is 0.462 e. The number of anilines is 2. The maximum Gasteiger partial charge on any atom is 0.341 e. The number of nitrogens with zero attached hydrogens (tertiary/aromatic N) is 1. The van der Waals surface area contributed by atoms with Crippen molar-refractivity contribution in [2.75, 3.05) is 17.7 Å². The minimum atomic E-state index is -0.487. The molecule has 1 aromatic heterocycles. The highest BCUT2D eigenvalue weighted by atomic mass is 19.1. The van der Waals surface area contributed by atoms with E-state index in [1.165, 1.54) is 24.4 Å². The Hall–Kier alpha value is -2.63. The molecule has 1 aromatic carbocycles. The van der Waals surface area contributed by atoms with Gasteiger partial charge in [0, 0.05) is 6.54 Å². The Morgan fingerprint density at radius 3 is 2.76 bits per heavy atom. The number of nitrogen functional groups attached to an aromatic ring is 1. The molecule has 1 heterocycles. The highest BCUT2D eigenvalue weighted by Crippen LogP contribution is 2.18. The van der Waals surface area contributed by atoms with Crippen LogP contribution in [0.5, 0.6) is 0 Å². The lowest BCUT2D eigenvalue weighted by Gasteiger charge is -2.11. The summed E-state index contributed by atoms with van der Waals surface area (Å²) in [4.78, 5) is 16.0. The fraction of sp³-hybridized carbons (Fsp3) is 0.200. The van der Waals surface area contributed by atoms with E-state index in [0.717, 1.165) is 5.56 Å². The maximum absolute atomic E-state index is 12.8. The van der Waals surface area contributed by atoms with Gasteiger partial charge in [0.15, 0.2) is 0 Å². The van der Waals surface area contributed by atoms with E-state index in [-0.39, 0.29) is 18.0 Å². The normalized spacial score (nSPS) is 10.2. The van der Waals surface area contributed by atoms with Gasteiger partial charge < -0.3 is 15.8 Å². The Labute approximate surface area is 121 Å². The topological polar surface area (TPSA) is 77.2 Å². The van der Waals surface area contributed by atoms with Crippen molar-refractivity contribution in [3.63, 3.8) is 0 Å². The third-order valence-corrected chi connectivity index (χ3v) is 2.78. The number of benzene rings is 1. The number of hydrogen-bond donors (Lipinski definition) is 2. The van der Waals surface area contributed by atoms with Crippen molar-refractivity contribution in [1.82, 2.24) is 4.98 Å². The summed E-state index contributed by atoms with van der Waals surface area (Å²) in [5.41, 5.74) is 7.17. The summed E-state index contributed by atoms with van der Waals surface area (Å²) in [5.74, 6) is -0.401. The van der Waals surface area contributed by atoms with Crippen LogP contribution in [0.3, 0.4) is 0 Å². The monoisotopic (exact) mass is 289 g/mol. The molecule has 2 rings (SSSR count). The second-order valence-corrected chi connectivity index (χ2v) is 4.37. The van der Waals surface area contributed by atoms with Crippen molar-refractivity contribution in [3.05, 3.63) is 53.5 Å². The molecule has 0 bridgehead atoms. The zero-order chi connectivity index (χ0) is 15.2. The van der Waals surface area contributed by atoms with Crippen LogP contribution in [-0.2, 0) is 11.3 Å². The SMILES string of the molecule is CCOC(=O)c1cc(N)cnc1NCc1ccc(F)cc1. The Morgan fingerprint density at radius 2 is 2.10 bits per heavy atom. The zero-order valence-electron chi connectivity index (χ0n) is 11.6. The van der Waals surface area contributed by atoms with Gasteiger partial charge in [-0.3, -0.25) is 0 Å². The van der Waals surface area contributed by atoms with Gasteiger partial charge in [-0.2, -0.15) is 0 Å². The molecule has 0 atom stereocenters. The Morgan fingerprint density at radius 1 is 1.38 bits per heavy atom. The lowest BCUT2D eigenvalue weighted by Crippen LogP contribution is -2.12. The van der Waals surface area contributed by atoms with E-state index in [1.807, 2.05) is 0 Å². The van der Waals surface area contributed by atoms with Crippen LogP contribution in [0.25, 0.3) is 0 Å². The molecule has 0 saturated carbocycles. The number of halogens is 1. The third kappa shape index (κ3) is 3.92. The first kappa shape index (κ1) is 14.8. The lowest BCUT2D eigenvalue weighted by molar-refractivity contribution is 0.0527. The van der Waals surface area contributed by atoms with Crippen LogP contribution in [0.4, 0.5) is 15.9 Å². The predicted octanol–water partition coefficient (Wildman–Crippen LogP) is 2.59. The van der Waals surface area contributed by atoms with Crippen LogP contribution in [0, 0.1) is 5.82 Å². The second kappa shape index (κ2) is 6.69. The maximum atomic E-state index is 12.8. The average molecular weight is 289 g/mol. The lowest BCUT2D eigenvalue weighted by atomic mass is 10.2. The number of carbonyl (C=O) groups is 1. The average Bonchev–Trinajstić information content (AvgIpc) is 2.48. The van der Waals surface area contributed by atoms with Crippen LogP contribution in [0.1, 0.15) is 22.8 Å². The molecule has 0 spiro atoms. The van der Waals surface area contributed by atoms with Crippen molar-refractivity contribution < 1.29 is 13.9 Å². The second-order valence-electron chi connectivity index (χ2n) is 4.37. The first-order valence-electron chi connectivity index (χ1n) is 6.51. The number of hydrogen-bond acceptors (Lipinski definition) is 5. The number of aromatic nitrogens is 1. The van der Waals surface area contributed by atoms with Gasteiger partial charge in [0.05, 0.1) is 18.5 Å². The molecule has 0 aliphatic carbocycles. The standard InChI is InChI=1S/C15H16FN3O2/c1-2-21-15(20)13-7-12(17)9-19-14(13)18-8-10-3-5-11(16)6-4-10/h3-7,9H,2,8,17H2,1H3,(H,18,19). The van der Waals surface area contributed by atoms with Crippen molar-refractivity contribution in [2.24, 2.45) is 0 Å². The number of nitrogens with one attached hydrogen (secondary N) is 1. The van der Waals surface area contributed by atoms with E-state index in [2.05, 4.69) is 10.3 Å². The molecule has 0 saturated heterocycles. The molecule has 0 aliphatic rings. The molecule has 0 amide bonds. The molecular formula is C15H16FN3O2. The fourth-order valence-corrected chi connectivity index (χ4v) is 1.77. The Kier molecular flexibility index (Phi) is 4.71. The van der Waals surface area contributed by atoms with Gasteiger partial charge in [-0.15, -0.1) is 0 Å². The number of esters is 1. The Bertz CT molecular complexity index is 629. The number of nitrogens with two attached hydrogens (primary N) is 1. The van der Waals surface area contributed by atoms with Crippen molar-refractivity contribution in [3.8, 4) is 0 Å². The van der Waals surface area contributed by atoms with E-state index in [4.69, 9.17) is 10.5 Å². The van der Waals surface area contributed by atoms with Crippen molar-refractivity contribution in [1.29, 1.82) is 0 Å². The fourth-order valence-electron chi connectivity index (χ4n) is 1.77. The van der Waals surface area contributed by atoms with Gasteiger partial charge in [-0.05, 0) is 30.7 Å². The molecule has 2 aromatic rings. The first-order valence-corrected chi connectivity index (χ1v) is 6.51. The molecule has 3 N–H and O–H groups in total. The van der Waals surface area contributed by atoms with E-state index >= 15 is 0 Å². The molecule has 6 heteroatoms. The minimum absolute atomic E-state index is 0.269. The van der Waals surface area contributed by atoms with Gasteiger partial charge in [-0.25, -0.2) is 14.2 Å². The number of carbonyl (C=O) groups excluding carboxylic acids is 1. The van der Waals surface area contributed by atoms with Crippen LogP contribution in [-0.4, -0.2) is 17.6 Å². The van der Waals surface area contributed by atoms with Crippen LogP contribution in [0.15, 0.2) is 36.5 Å². The third-order valence-electron chi connectivity index (χ3n) is 2.78. The van der Waals surface area contributed by atoms with E-state index in [9.17, 15) is 9.18 Å². The van der Waals surface area contributed by atoms with Crippen molar-refractivity contribution >= 4 is 17.5 Å². The number of ether oxygens (including phenoxy) is 1. The number of pyridine rings is 1. The summed E-state index contributed by atoms with van der Waals surface area (Å²) in [6.07, 6.45) is 1.45. The molecule has 110 valence electrons. The summed E-state index contributed by atoms with van der Waals surface area (Å²) >= 11 is 0. The summed E-state index contributed by atoms with van der Waals surface area (Å²) in [7, 11) is 0. The van der Waals surface area contributed by atoms with E-state index < -0.39 is 5.97 Å². The minimum Gasteiger partial charge on any atom is -0.462 e. The molecule has 0 unspecified atom stereocenters. The quantitative estimate of drug-likeness (QED) is 0.827. The van der Waals surface area contributed by atoms with Gasteiger partial charge in [0.1, 0.15) is 17.2 Å². The zero-order valence-corrected chi connectivity index (χ0v) is 11.6. The highest BCUT2D eigenvalue weighted by molar-refractivity contribution is 5.95. The van der Waals surface area contributed by atoms with Gasteiger partial charge in [-0.1, -0.05) is 12.1 Å². The van der Waals surface area contributed by atoms with Crippen molar-refractivity contribution in [2.45, 2.75) is 13.5 Å². The molecule has 21 heavy (non-hydrogen) atoms. The highest BCUT2D eigenvalue weighted by Gasteiger charge is 2.14. The van der Waals surface area contributed by atoms with Gasteiger partial charge in [0.25, 0.3) is 0 Å². The smallest absolute Gasteiger partial charge is 0.341 e. The summed E-state index contributed by atoms with van der Waals surface area (Å²) in [6, 6.07) is 7.57. The van der Waals surface area contributed by atoms with E-state index in [0.29, 0.717) is 18.1 Å². The molecule has 5 nitrogen and oxygen atoms in total. The summed E-state index contributed by atoms with van der Waals surface area (Å²) in [6.45, 7) is 2.40.